The summed E-state index contributed by atoms with van der Waals surface area (Å²) in [5.74, 6) is -0.0258. The Kier molecular flexibility index (Phi) is 6.33. The molecule has 0 unspecified atom stereocenters. The largest absolute Gasteiger partial charge is 0.355 e. The molecule has 0 spiro atoms. The van der Waals surface area contributed by atoms with E-state index in [1.165, 1.54) is 4.88 Å². The second-order valence-electron chi connectivity index (χ2n) is 7.79. The molecular formula is C22H27N5O3S. The Morgan fingerprint density at radius 2 is 2.03 bits per heavy atom. The van der Waals surface area contributed by atoms with Crippen molar-refractivity contribution in [3.8, 4) is 10.6 Å². The van der Waals surface area contributed by atoms with Gasteiger partial charge in [0, 0.05) is 37.6 Å². The van der Waals surface area contributed by atoms with E-state index in [2.05, 4.69) is 20.4 Å². The van der Waals surface area contributed by atoms with Gasteiger partial charge in [0.1, 0.15) is 0 Å². The number of likely N-dealkylation sites (N-methyl/N-ethyl adjacent to an activating group) is 1. The number of amides is 2. The summed E-state index contributed by atoms with van der Waals surface area (Å²) in [6.45, 7) is 9.44. The average molecular weight is 442 g/mol. The molecule has 1 aliphatic rings. The van der Waals surface area contributed by atoms with Crippen LogP contribution in [-0.2, 0) is 4.79 Å². The van der Waals surface area contributed by atoms with Crippen molar-refractivity contribution in [2.45, 2.75) is 27.2 Å². The fourth-order valence-corrected chi connectivity index (χ4v) is 4.75. The van der Waals surface area contributed by atoms with Crippen molar-refractivity contribution in [3.05, 3.63) is 34.3 Å². The number of pyridine rings is 1. The average Bonchev–Trinajstić information content (AvgIpc) is 3.27. The van der Waals surface area contributed by atoms with Gasteiger partial charge in [-0.25, -0.2) is 4.98 Å². The minimum Gasteiger partial charge on any atom is -0.355 e. The highest BCUT2D eigenvalue weighted by Crippen LogP contribution is 2.31. The molecule has 8 nitrogen and oxygen atoms in total. The van der Waals surface area contributed by atoms with Gasteiger partial charge < -0.3 is 14.7 Å². The van der Waals surface area contributed by atoms with Crippen LogP contribution in [0.1, 0.15) is 34.3 Å². The van der Waals surface area contributed by atoms with E-state index in [0.29, 0.717) is 55.1 Å². The molecule has 0 atom stereocenters. The molecule has 1 fully saturated rings. The quantitative estimate of drug-likeness (QED) is 0.655. The molecule has 0 aromatic carbocycles. The van der Waals surface area contributed by atoms with Gasteiger partial charge in [0.15, 0.2) is 0 Å². The van der Waals surface area contributed by atoms with Gasteiger partial charge in [-0.2, -0.15) is 0 Å². The third kappa shape index (κ3) is 4.62. The smallest absolute Gasteiger partial charge is 0.259 e. The van der Waals surface area contributed by atoms with E-state index in [1.807, 2.05) is 43.9 Å². The summed E-state index contributed by atoms with van der Waals surface area (Å²) < 4.78 is 5.42. The van der Waals surface area contributed by atoms with Crippen molar-refractivity contribution in [2.24, 2.45) is 0 Å². The molecule has 0 bridgehead atoms. The first kappa shape index (κ1) is 21.5. The molecule has 0 saturated carbocycles. The molecule has 1 aliphatic heterocycles. The third-order valence-corrected chi connectivity index (χ3v) is 6.48. The van der Waals surface area contributed by atoms with Crippen molar-refractivity contribution in [2.75, 3.05) is 39.3 Å². The summed E-state index contributed by atoms with van der Waals surface area (Å²) in [5.41, 5.74) is 2.34. The molecule has 9 heteroatoms. The van der Waals surface area contributed by atoms with Crippen LogP contribution < -0.4 is 5.32 Å². The predicted molar refractivity (Wildman–Crippen MR) is 120 cm³/mol. The monoisotopic (exact) mass is 441 g/mol. The van der Waals surface area contributed by atoms with E-state index in [4.69, 9.17) is 4.52 Å². The lowest BCUT2D eigenvalue weighted by molar-refractivity contribution is -0.122. The van der Waals surface area contributed by atoms with Gasteiger partial charge in [-0.1, -0.05) is 5.16 Å². The minimum atomic E-state index is -0.0481. The second kappa shape index (κ2) is 9.15. The molecule has 164 valence electrons. The van der Waals surface area contributed by atoms with Crippen LogP contribution in [0.3, 0.4) is 0 Å². The van der Waals surface area contributed by atoms with Gasteiger partial charge in [0.25, 0.3) is 11.6 Å². The lowest BCUT2D eigenvalue weighted by atomic mass is 10.1. The first-order chi connectivity index (χ1) is 15.0. The molecule has 31 heavy (non-hydrogen) atoms. The normalized spacial score (nSPS) is 15.3. The van der Waals surface area contributed by atoms with Gasteiger partial charge in [0.2, 0.25) is 5.91 Å². The molecular weight excluding hydrogens is 414 g/mol. The first-order valence-electron chi connectivity index (χ1n) is 10.6. The molecule has 4 heterocycles. The van der Waals surface area contributed by atoms with Crippen molar-refractivity contribution in [1.82, 2.24) is 25.3 Å². The number of hydrogen-bond donors (Lipinski definition) is 1. The van der Waals surface area contributed by atoms with E-state index in [0.717, 1.165) is 23.5 Å². The highest BCUT2D eigenvalue weighted by Gasteiger charge is 2.26. The summed E-state index contributed by atoms with van der Waals surface area (Å²) in [4.78, 5) is 36.2. The molecule has 0 radical (unpaired) electrons. The standard InChI is InChI=1S/C22H27N5O3S/c1-4-23-19(28)13-26-8-5-9-27(11-10-26)22(29)16-12-17(18-7-6-14(2)31-18)24-21-20(16)15(3)25-30-21/h6-7,12H,4-5,8-11,13H2,1-3H3,(H,23,28). The molecule has 1 N–H and O–H groups in total. The Hall–Kier alpha value is -2.78. The van der Waals surface area contributed by atoms with Crippen LogP contribution in [0.25, 0.3) is 21.7 Å². The first-order valence-corrected chi connectivity index (χ1v) is 11.4. The Balaban J connectivity index is 1.60. The third-order valence-electron chi connectivity index (χ3n) is 5.46. The topological polar surface area (TPSA) is 91.6 Å². The van der Waals surface area contributed by atoms with E-state index in [1.54, 1.807) is 11.3 Å². The number of nitrogens with zero attached hydrogens (tertiary/aromatic N) is 4. The lowest BCUT2D eigenvalue weighted by Gasteiger charge is -2.22. The maximum atomic E-state index is 13.6. The van der Waals surface area contributed by atoms with Crippen molar-refractivity contribution in [3.63, 3.8) is 0 Å². The highest BCUT2D eigenvalue weighted by atomic mass is 32.1. The number of aromatic nitrogens is 2. The van der Waals surface area contributed by atoms with Gasteiger partial charge in [-0.05, 0) is 45.4 Å². The van der Waals surface area contributed by atoms with Crippen LogP contribution in [0.2, 0.25) is 0 Å². The number of hydrogen-bond acceptors (Lipinski definition) is 7. The lowest BCUT2D eigenvalue weighted by Crippen LogP contribution is -2.40. The summed E-state index contributed by atoms with van der Waals surface area (Å²) in [7, 11) is 0. The van der Waals surface area contributed by atoms with E-state index < -0.39 is 0 Å². The van der Waals surface area contributed by atoms with Crippen LogP contribution in [0, 0.1) is 13.8 Å². The minimum absolute atomic E-state index is 0.0223. The van der Waals surface area contributed by atoms with Crippen LogP contribution in [0.15, 0.2) is 22.7 Å². The van der Waals surface area contributed by atoms with Crippen molar-refractivity contribution < 1.29 is 14.1 Å². The Morgan fingerprint density at radius 1 is 1.19 bits per heavy atom. The SMILES string of the molecule is CCNC(=O)CN1CCCN(C(=O)c2cc(-c3ccc(C)s3)nc3onc(C)c23)CC1. The van der Waals surface area contributed by atoms with E-state index >= 15 is 0 Å². The number of thiophene rings is 1. The summed E-state index contributed by atoms with van der Waals surface area (Å²) in [6.07, 6.45) is 0.818. The van der Waals surface area contributed by atoms with Crippen molar-refractivity contribution in [1.29, 1.82) is 0 Å². The summed E-state index contributed by atoms with van der Waals surface area (Å²) in [6, 6.07) is 5.91. The zero-order valence-corrected chi connectivity index (χ0v) is 18.9. The number of rotatable bonds is 5. The molecule has 3 aromatic heterocycles. The van der Waals surface area contributed by atoms with Gasteiger partial charge >= 0.3 is 0 Å². The fraction of sp³-hybridized carbons (Fsp3) is 0.455. The number of fused-ring (bicyclic) bond motifs is 1. The number of aryl methyl sites for hydroxylation is 2. The Labute approximate surface area is 185 Å². The maximum Gasteiger partial charge on any atom is 0.259 e. The van der Waals surface area contributed by atoms with Crippen LogP contribution in [0.5, 0.6) is 0 Å². The zero-order valence-electron chi connectivity index (χ0n) is 18.1. The van der Waals surface area contributed by atoms with E-state index in [9.17, 15) is 9.59 Å². The van der Waals surface area contributed by atoms with Gasteiger partial charge in [-0.15, -0.1) is 11.3 Å². The molecule has 4 rings (SSSR count). The zero-order chi connectivity index (χ0) is 22.0. The molecule has 2 amide bonds. The van der Waals surface area contributed by atoms with Crippen LogP contribution >= 0.6 is 11.3 Å². The van der Waals surface area contributed by atoms with E-state index in [-0.39, 0.29) is 11.8 Å². The second-order valence-corrected chi connectivity index (χ2v) is 9.08. The fourth-order valence-electron chi connectivity index (χ4n) is 3.92. The number of carbonyl (C=O) groups excluding carboxylic acids is 2. The molecule has 1 saturated heterocycles. The summed E-state index contributed by atoms with van der Waals surface area (Å²) in [5, 5.41) is 7.55. The molecule has 3 aromatic rings. The van der Waals surface area contributed by atoms with Gasteiger partial charge in [0.05, 0.1) is 33.8 Å². The van der Waals surface area contributed by atoms with Crippen molar-refractivity contribution >= 4 is 34.3 Å². The Bertz CT molecular complexity index is 1110. The molecule has 0 aliphatic carbocycles. The maximum absolute atomic E-state index is 13.6. The predicted octanol–water partition coefficient (Wildman–Crippen LogP) is 2.85. The van der Waals surface area contributed by atoms with Gasteiger partial charge in [-0.3, -0.25) is 14.5 Å². The Morgan fingerprint density at radius 3 is 2.77 bits per heavy atom. The number of nitrogens with one attached hydrogen (secondary N) is 1. The highest BCUT2D eigenvalue weighted by molar-refractivity contribution is 7.15. The summed E-state index contributed by atoms with van der Waals surface area (Å²) >= 11 is 1.63. The van der Waals surface area contributed by atoms with Crippen LogP contribution in [-0.4, -0.2) is 71.0 Å². The van der Waals surface area contributed by atoms with Crippen LogP contribution in [0.4, 0.5) is 0 Å². The number of carbonyl (C=O) groups is 2.